The molecule has 0 aliphatic carbocycles. The minimum Gasteiger partial charge on any atom is -0.330 e. The molecule has 7 heteroatoms. The lowest BCUT2D eigenvalue weighted by atomic mass is 9.94. The van der Waals surface area contributed by atoms with E-state index in [4.69, 9.17) is 11.5 Å². The molecular weight excluding hydrogens is 713 g/mol. The number of hydrogen-bond donors (Lipinski definition) is 5. The lowest BCUT2D eigenvalue weighted by molar-refractivity contribution is -0.113. The molecule has 0 aliphatic heterocycles. The third-order valence-corrected chi connectivity index (χ3v) is 11.2. The SMILES string of the molecule is CCCCC/C=C/C/C=C/CCCCCCCCN(CCCCCCCC/C=C/C/C=C/CCCCC)CCCNCC(C=O)(CCCNCCCN)NCCCN. The van der Waals surface area contributed by atoms with Crippen LogP contribution in [0, 0.1) is 0 Å². The van der Waals surface area contributed by atoms with Crippen molar-refractivity contribution in [1.82, 2.24) is 20.9 Å². The van der Waals surface area contributed by atoms with Crippen LogP contribution in [0.15, 0.2) is 48.6 Å². The number of carbonyl (C=O) groups excluding carboxylic acids is 1. The van der Waals surface area contributed by atoms with Crippen molar-refractivity contribution >= 4 is 6.29 Å². The van der Waals surface area contributed by atoms with E-state index in [-0.39, 0.29) is 0 Å². The molecule has 0 spiro atoms. The topological polar surface area (TPSA) is 108 Å². The fourth-order valence-corrected chi connectivity index (χ4v) is 7.42. The van der Waals surface area contributed by atoms with Crippen molar-refractivity contribution in [2.75, 3.05) is 65.4 Å². The van der Waals surface area contributed by atoms with Crippen molar-refractivity contribution in [1.29, 1.82) is 0 Å². The Bertz CT molecular complexity index is 888. The van der Waals surface area contributed by atoms with Gasteiger partial charge >= 0.3 is 0 Å². The fraction of sp³-hybridized carbons (Fsp3) is 0.824. The molecule has 0 radical (unpaired) electrons. The van der Waals surface area contributed by atoms with Gasteiger partial charge in [-0.15, -0.1) is 0 Å². The predicted molar refractivity (Wildman–Crippen MR) is 259 cm³/mol. The maximum Gasteiger partial charge on any atom is 0.141 e. The Balaban J connectivity index is 4.58. The molecular formula is C51H100N6O. The van der Waals surface area contributed by atoms with Gasteiger partial charge in [0.1, 0.15) is 6.29 Å². The van der Waals surface area contributed by atoms with Crippen LogP contribution in [0.4, 0.5) is 0 Å². The molecule has 0 aliphatic rings. The lowest BCUT2D eigenvalue weighted by Crippen LogP contribution is -2.55. The lowest BCUT2D eigenvalue weighted by Gasteiger charge is -2.30. The number of nitrogens with one attached hydrogen (secondary N) is 3. The number of allylic oxidation sites excluding steroid dienone is 8. The Kier molecular flexibility index (Phi) is 46.7. The van der Waals surface area contributed by atoms with Gasteiger partial charge in [0, 0.05) is 6.54 Å². The average Bonchev–Trinajstić information content (AvgIpc) is 3.23. The first-order valence-electron chi connectivity index (χ1n) is 25.0. The summed E-state index contributed by atoms with van der Waals surface area (Å²) in [6.07, 6.45) is 55.9. The molecule has 0 amide bonds. The number of unbranched alkanes of at least 4 members (excludes halogenated alkanes) is 18. The van der Waals surface area contributed by atoms with E-state index in [9.17, 15) is 4.79 Å². The van der Waals surface area contributed by atoms with Gasteiger partial charge in [0.2, 0.25) is 0 Å². The molecule has 0 saturated heterocycles. The molecule has 0 saturated carbocycles. The highest BCUT2D eigenvalue weighted by Gasteiger charge is 2.28. The zero-order valence-corrected chi connectivity index (χ0v) is 38.8. The molecule has 7 nitrogen and oxygen atoms in total. The van der Waals surface area contributed by atoms with E-state index in [2.05, 4.69) is 83.3 Å². The van der Waals surface area contributed by atoms with Gasteiger partial charge in [-0.05, 0) is 168 Å². The van der Waals surface area contributed by atoms with E-state index >= 15 is 0 Å². The number of rotatable bonds is 48. The largest absolute Gasteiger partial charge is 0.330 e. The van der Waals surface area contributed by atoms with E-state index in [1.54, 1.807) is 0 Å². The maximum atomic E-state index is 12.4. The standard InChI is InChI=1S/C51H100N6O/c1-3-5-7-9-11-13-15-17-19-21-23-25-27-29-31-33-46-57(47-34-32-30-28-26-24-22-20-18-16-14-12-10-8-6-4-2)48-38-44-55-49-51(50-58,56-45-37-41-53)39-35-42-54-43-36-40-52/h11-14,17-20,50,54-56H,3-10,15-16,21-49,52-53H2,1-2H3/b13-11+,14-12+,19-17+,20-18+. The monoisotopic (exact) mass is 813 g/mol. The second-order valence-electron chi connectivity index (χ2n) is 16.9. The van der Waals surface area contributed by atoms with Gasteiger partial charge < -0.3 is 37.1 Å². The van der Waals surface area contributed by atoms with Crippen LogP contribution < -0.4 is 27.4 Å². The van der Waals surface area contributed by atoms with Crippen LogP contribution in [0.1, 0.15) is 200 Å². The van der Waals surface area contributed by atoms with Gasteiger partial charge in [-0.3, -0.25) is 0 Å². The summed E-state index contributed by atoms with van der Waals surface area (Å²) < 4.78 is 0. The minimum atomic E-state index is -0.535. The van der Waals surface area contributed by atoms with Gasteiger partial charge in [-0.25, -0.2) is 0 Å². The summed E-state index contributed by atoms with van der Waals surface area (Å²) in [5.74, 6) is 0. The molecule has 0 heterocycles. The fourth-order valence-electron chi connectivity index (χ4n) is 7.42. The molecule has 0 aromatic heterocycles. The molecule has 0 bridgehead atoms. The third kappa shape index (κ3) is 41.1. The van der Waals surface area contributed by atoms with Gasteiger partial charge in [0.25, 0.3) is 0 Å². The number of nitrogens with zero attached hydrogens (tertiary/aromatic N) is 1. The van der Waals surface area contributed by atoms with Crippen molar-refractivity contribution in [3.05, 3.63) is 48.6 Å². The Morgan fingerprint density at radius 2 is 0.862 bits per heavy atom. The second-order valence-corrected chi connectivity index (χ2v) is 16.9. The van der Waals surface area contributed by atoms with Crippen molar-refractivity contribution in [3.63, 3.8) is 0 Å². The molecule has 340 valence electrons. The van der Waals surface area contributed by atoms with Crippen molar-refractivity contribution in [2.24, 2.45) is 11.5 Å². The zero-order valence-electron chi connectivity index (χ0n) is 38.8. The normalized spacial score (nSPS) is 13.4. The van der Waals surface area contributed by atoms with Crippen molar-refractivity contribution in [3.8, 4) is 0 Å². The van der Waals surface area contributed by atoms with Crippen molar-refractivity contribution < 1.29 is 4.79 Å². The first-order chi connectivity index (χ1) is 28.7. The van der Waals surface area contributed by atoms with E-state index in [1.165, 1.54) is 154 Å². The molecule has 0 rings (SSSR count). The number of carbonyl (C=O) groups is 1. The molecule has 0 aromatic rings. The van der Waals surface area contributed by atoms with Gasteiger partial charge in [-0.1, -0.05) is 140 Å². The van der Waals surface area contributed by atoms with Crippen LogP contribution in [0.25, 0.3) is 0 Å². The molecule has 0 fully saturated rings. The highest BCUT2D eigenvalue weighted by Crippen LogP contribution is 2.13. The summed E-state index contributed by atoms with van der Waals surface area (Å²) >= 11 is 0. The van der Waals surface area contributed by atoms with Crippen LogP contribution in [-0.2, 0) is 4.79 Å². The first kappa shape index (κ1) is 56.4. The summed E-state index contributed by atoms with van der Waals surface area (Å²) in [5, 5.41) is 10.7. The summed E-state index contributed by atoms with van der Waals surface area (Å²) in [4.78, 5) is 15.2. The number of nitrogens with two attached hydrogens (primary N) is 2. The highest BCUT2D eigenvalue weighted by atomic mass is 16.1. The Hall–Kier alpha value is -1.61. The van der Waals surface area contributed by atoms with E-state index < -0.39 is 5.54 Å². The summed E-state index contributed by atoms with van der Waals surface area (Å²) in [5.41, 5.74) is 10.9. The molecule has 0 aromatic carbocycles. The van der Waals surface area contributed by atoms with E-state index in [0.717, 1.165) is 84.0 Å². The highest BCUT2D eigenvalue weighted by molar-refractivity contribution is 5.64. The average molecular weight is 813 g/mol. The van der Waals surface area contributed by atoms with E-state index in [0.29, 0.717) is 19.6 Å². The summed E-state index contributed by atoms with van der Waals surface area (Å²) in [6, 6.07) is 0. The van der Waals surface area contributed by atoms with Gasteiger partial charge in [0.05, 0.1) is 5.54 Å². The maximum absolute atomic E-state index is 12.4. The zero-order chi connectivity index (χ0) is 42.1. The quantitative estimate of drug-likeness (QED) is 0.0236. The second kappa shape index (κ2) is 48.1. The van der Waals surface area contributed by atoms with E-state index in [1.807, 2.05) is 0 Å². The van der Waals surface area contributed by atoms with Crippen LogP contribution >= 0.6 is 0 Å². The Morgan fingerprint density at radius 3 is 1.34 bits per heavy atom. The first-order valence-corrected chi connectivity index (χ1v) is 25.0. The van der Waals surface area contributed by atoms with Crippen LogP contribution in [0.2, 0.25) is 0 Å². The molecule has 1 unspecified atom stereocenters. The Labute approximate surface area is 361 Å². The summed E-state index contributed by atoms with van der Waals surface area (Å²) in [6.45, 7) is 13.7. The molecule has 7 N–H and O–H groups in total. The number of aldehydes is 1. The molecule has 1 atom stereocenters. The smallest absolute Gasteiger partial charge is 0.141 e. The van der Waals surface area contributed by atoms with Crippen LogP contribution in [-0.4, -0.2) is 82.2 Å². The Morgan fingerprint density at radius 1 is 0.448 bits per heavy atom. The predicted octanol–water partition coefficient (Wildman–Crippen LogP) is 11.5. The van der Waals surface area contributed by atoms with Crippen LogP contribution in [0.3, 0.4) is 0 Å². The van der Waals surface area contributed by atoms with Crippen LogP contribution in [0.5, 0.6) is 0 Å². The molecule has 58 heavy (non-hydrogen) atoms. The third-order valence-electron chi connectivity index (χ3n) is 11.2. The minimum absolute atomic E-state index is 0.535. The van der Waals surface area contributed by atoms with Gasteiger partial charge in [0.15, 0.2) is 0 Å². The number of hydrogen-bond acceptors (Lipinski definition) is 7. The van der Waals surface area contributed by atoms with Crippen molar-refractivity contribution in [2.45, 2.75) is 206 Å². The summed E-state index contributed by atoms with van der Waals surface area (Å²) in [7, 11) is 0. The van der Waals surface area contributed by atoms with Gasteiger partial charge in [-0.2, -0.15) is 0 Å².